The van der Waals surface area contributed by atoms with Crippen molar-refractivity contribution < 1.29 is 19.8 Å². The highest BCUT2D eigenvalue weighted by molar-refractivity contribution is 5.88. The van der Waals surface area contributed by atoms with Crippen molar-refractivity contribution in [3.05, 3.63) is 11.6 Å². The summed E-state index contributed by atoms with van der Waals surface area (Å²) in [4.78, 5) is 26.6. The maximum atomic E-state index is 14.4. The van der Waals surface area contributed by atoms with Crippen LogP contribution in [0.1, 0.15) is 133 Å². The first-order chi connectivity index (χ1) is 18.9. The van der Waals surface area contributed by atoms with Crippen molar-refractivity contribution in [2.45, 2.75) is 145 Å². The summed E-state index contributed by atoms with van der Waals surface area (Å²) in [7, 11) is 0. The average Bonchev–Trinajstić information content (AvgIpc) is 2.89. The van der Waals surface area contributed by atoms with Crippen molar-refractivity contribution in [1.29, 1.82) is 0 Å². The molecule has 10 atom stereocenters. The Kier molecular flexibility index (Phi) is 7.45. The molecule has 4 saturated carbocycles. The van der Waals surface area contributed by atoms with Crippen LogP contribution in [0, 0.1) is 56.2 Å². The summed E-state index contributed by atoms with van der Waals surface area (Å²) in [5, 5.41) is 24.1. The molecule has 3 N–H and O–H groups in total. The van der Waals surface area contributed by atoms with E-state index in [0.717, 1.165) is 64.2 Å². The van der Waals surface area contributed by atoms with Crippen LogP contribution in [-0.4, -0.2) is 34.2 Å². The van der Waals surface area contributed by atoms with Crippen molar-refractivity contribution in [2.75, 3.05) is 0 Å². The number of carboxylic acids is 1. The Bertz CT molecular complexity index is 1110. The number of amides is 1. The van der Waals surface area contributed by atoms with Crippen LogP contribution in [0.2, 0.25) is 0 Å². The third-order valence-electron chi connectivity index (χ3n) is 14.8. The molecule has 0 bridgehead atoms. The van der Waals surface area contributed by atoms with Gasteiger partial charge in [0.2, 0.25) is 5.91 Å². The average molecular weight is 570 g/mol. The molecule has 0 aromatic carbocycles. The van der Waals surface area contributed by atoms with E-state index < -0.39 is 17.4 Å². The molecule has 5 heteroatoms. The van der Waals surface area contributed by atoms with E-state index in [9.17, 15) is 19.8 Å². The minimum absolute atomic E-state index is 0.0142. The van der Waals surface area contributed by atoms with Crippen molar-refractivity contribution in [3.63, 3.8) is 0 Å². The predicted octanol–water partition coefficient (Wildman–Crippen LogP) is 7.76. The second-order valence-electron chi connectivity index (χ2n) is 17.4. The second-order valence-corrected chi connectivity index (χ2v) is 17.4. The van der Waals surface area contributed by atoms with Crippen LogP contribution in [0.3, 0.4) is 0 Å². The summed E-state index contributed by atoms with van der Waals surface area (Å²) in [5.74, 6) is 0.196. The largest absolute Gasteiger partial charge is 0.480 e. The molecule has 0 saturated heterocycles. The van der Waals surface area contributed by atoms with Crippen LogP contribution in [0.4, 0.5) is 0 Å². The van der Waals surface area contributed by atoms with Crippen molar-refractivity contribution in [1.82, 2.24) is 5.32 Å². The van der Waals surface area contributed by atoms with Crippen LogP contribution in [0.5, 0.6) is 0 Å². The molecular formula is C36H59NO4. The Balaban J connectivity index is 1.55. The van der Waals surface area contributed by atoms with Gasteiger partial charge < -0.3 is 15.5 Å². The molecule has 0 heterocycles. The van der Waals surface area contributed by atoms with E-state index in [0.29, 0.717) is 11.8 Å². The molecule has 0 aliphatic heterocycles. The zero-order chi connectivity index (χ0) is 30.4. The van der Waals surface area contributed by atoms with E-state index in [4.69, 9.17) is 0 Å². The monoisotopic (exact) mass is 569 g/mol. The molecule has 5 rings (SSSR count). The summed E-state index contributed by atoms with van der Waals surface area (Å²) in [6.45, 7) is 20.9. The number of hydrogen-bond donors (Lipinski definition) is 3. The SMILES string of the molecule is CC[C@H](C)[C@H](NC(=O)[C@]12CCC(C)(C)C[C@H]1C1=CC[C@@H]3[C@@]4(C)CC[C@H](O)C(C)(C)[C@@H]4CC[C@@]3(C)[C@]1(C)CC2)C(=O)O. The lowest BCUT2D eigenvalue weighted by atomic mass is 9.33. The van der Waals surface area contributed by atoms with Crippen LogP contribution >= 0.6 is 0 Å². The van der Waals surface area contributed by atoms with Gasteiger partial charge in [-0.2, -0.15) is 0 Å². The maximum absolute atomic E-state index is 14.4. The van der Waals surface area contributed by atoms with E-state index >= 15 is 0 Å². The van der Waals surface area contributed by atoms with Crippen molar-refractivity contribution in [2.24, 2.45) is 56.2 Å². The number of nitrogens with one attached hydrogen (secondary N) is 1. The number of carbonyl (C=O) groups is 2. The summed E-state index contributed by atoms with van der Waals surface area (Å²) in [6, 6.07) is -0.840. The number of aliphatic carboxylic acids is 1. The molecule has 1 amide bonds. The first kappa shape index (κ1) is 31.1. The van der Waals surface area contributed by atoms with Gasteiger partial charge >= 0.3 is 5.97 Å². The first-order valence-corrected chi connectivity index (χ1v) is 16.8. The van der Waals surface area contributed by atoms with Gasteiger partial charge in [0.15, 0.2) is 0 Å². The standard InChI is InChI=1S/C36H59NO4/c1-10-22(2)28(29(39)40)37-30(41)36-19-17-31(3,4)21-24(36)23-11-12-26-33(7)15-14-27(38)32(5,6)25(33)13-16-35(26,9)34(23,8)18-20-36/h11,22,24-28,38H,10,12-21H2,1-9H3,(H,37,41)(H,39,40)/t22-,24-,25-,26+,27-,28-,33-,34+,35+,36-/m0/s1. The summed E-state index contributed by atoms with van der Waals surface area (Å²) < 4.78 is 0. The zero-order valence-corrected chi connectivity index (χ0v) is 27.5. The Hall–Kier alpha value is -1.36. The Morgan fingerprint density at radius 2 is 1.61 bits per heavy atom. The summed E-state index contributed by atoms with van der Waals surface area (Å²) in [6.07, 6.45) is 13.1. The van der Waals surface area contributed by atoms with Gasteiger partial charge in [0.05, 0.1) is 11.5 Å². The van der Waals surface area contributed by atoms with Gasteiger partial charge in [0.1, 0.15) is 6.04 Å². The number of allylic oxidation sites excluding steroid dienone is 2. The number of aliphatic hydroxyl groups excluding tert-OH is 1. The predicted molar refractivity (Wildman–Crippen MR) is 164 cm³/mol. The number of rotatable bonds is 5. The molecule has 0 unspecified atom stereocenters. The highest BCUT2D eigenvalue weighted by Gasteiger charge is 2.69. The molecule has 5 nitrogen and oxygen atoms in total. The van der Waals surface area contributed by atoms with Gasteiger partial charge in [0.25, 0.3) is 0 Å². The topological polar surface area (TPSA) is 86.6 Å². The zero-order valence-electron chi connectivity index (χ0n) is 27.5. The lowest BCUT2D eigenvalue weighted by Gasteiger charge is -2.71. The van der Waals surface area contributed by atoms with E-state index in [-0.39, 0.29) is 50.9 Å². The summed E-state index contributed by atoms with van der Waals surface area (Å²) in [5.41, 5.74) is 1.44. The minimum Gasteiger partial charge on any atom is -0.480 e. The van der Waals surface area contributed by atoms with E-state index in [1.54, 1.807) is 0 Å². The smallest absolute Gasteiger partial charge is 0.326 e. The van der Waals surface area contributed by atoms with Gasteiger partial charge in [0, 0.05) is 0 Å². The van der Waals surface area contributed by atoms with Gasteiger partial charge in [-0.05, 0) is 115 Å². The van der Waals surface area contributed by atoms with Crippen molar-refractivity contribution in [3.8, 4) is 0 Å². The summed E-state index contributed by atoms with van der Waals surface area (Å²) >= 11 is 0. The molecule has 0 aromatic rings. The number of carboxylic acid groups (broad SMARTS) is 1. The van der Waals surface area contributed by atoms with E-state index in [2.05, 4.69) is 59.9 Å². The maximum Gasteiger partial charge on any atom is 0.326 e. The molecule has 232 valence electrons. The molecule has 4 fully saturated rings. The van der Waals surface area contributed by atoms with E-state index in [1.165, 1.54) is 12.0 Å². The Labute approximate surface area is 249 Å². The molecule has 5 aliphatic carbocycles. The quantitative estimate of drug-likeness (QED) is 0.295. The first-order valence-electron chi connectivity index (χ1n) is 16.8. The third kappa shape index (κ3) is 4.32. The lowest BCUT2D eigenvalue weighted by Crippen LogP contribution is -2.66. The Morgan fingerprint density at radius 3 is 2.24 bits per heavy atom. The number of carbonyl (C=O) groups excluding carboxylic acids is 1. The van der Waals surface area contributed by atoms with Gasteiger partial charge in [-0.1, -0.05) is 80.4 Å². The van der Waals surface area contributed by atoms with Crippen LogP contribution in [-0.2, 0) is 9.59 Å². The number of hydrogen-bond acceptors (Lipinski definition) is 3. The molecule has 0 spiro atoms. The fraction of sp³-hybridized carbons (Fsp3) is 0.889. The number of fused-ring (bicyclic) bond motifs is 7. The molecular weight excluding hydrogens is 510 g/mol. The van der Waals surface area contributed by atoms with Crippen molar-refractivity contribution >= 4 is 11.9 Å². The van der Waals surface area contributed by atoms with Gasteiger partial charge in [-0.25, -0.2) is 4.79 Å². The minimum atomic E-state index is -0.921. The molecule has 41 heavy (non-hydrogen) atoms. The molecule has 0 aromatic heterocycles. The van der Waals surface area contributed by atoms with Gasteiger partial charge in [-0.3, -0.25) is 4.79 Å². The van der Waals surface area contributed by atoms with Crippen LogP contribution in [0.25, 0.3) is 0 Å². The third-order valence-corrected chi connectivity index (χ3v) is 14.8. The normalized spacial score (nSPS) is 46.0. The van der Waals surface area contributed by atoms with E-state index in [1.807, 2.05) is 13.8 Å². The Morgan fingerprint density at radius 1 is 0.951 bits per heavy atom. The van der Waals surface area contributed by atoms with Crippen LogP contribution < -0.4 is 5.32 Å². The number of aliphatic hydroxyl groups is 1. The van der Waals surface area contributed by atoms with Crippen LogP contribution in [0.15, 0.2) is 11.6 Å². The second kappa shape index (κ2) is 9.83. The fourth-order valence-electron chi connectivity index (χ4n) is 11.6. The van der Waals surface area contributed by atoms with Gasteiger partial charge in [-0.15, -0.1) is 0 Å². The lowest BCUT2D eigenvalue weighted by molar-refractivity contribution is -0.203. The fourth-order valence-corrected chi connectivity index (χ4v) is 11.6. The molecule has 5 aliphatic rings. The highest BCUT2D eigenvalue weighted by atomic mass is 16.4. The molecule has 0 radical (unpaired) electrons. The highest BCUT2D eigenvalue weighted by Crippen LogP contribution is 2.75.